The lowest BCUT2D eigenvalue weighted by atomic mass is 10.1. The summed E-state index contributed by atoms with van der Waals surface area (Å²) in [6, 6.07) is 4.22. The summed E-state index contributed by atoms with van der Waals surface area (Å²) in [7, 11) is 0. The fourth-order valence-electron chi connectivity index (χ4n) is 2.90. The quantitative estimate of drug-likeness (QED) is 0.874. The van der Waals surface area contributed by atoms with Gasteiger partial charge < -0.3 is 14.6 Å². The van der Waals surface area contributed by atoms with Crippen LogP contribution >= 0.6 is 0 Å². The molecule has 0 unspecified atom stereocenters. The minimum atomic E-state index is 0.0550. The molecule has 2 rings (SSSR count). The van der Waals surface area contributed by atoms with Crippen LogP contribution in [-0.4, -0.2) is 28.9 Å². The van der Waals surface area contributed by atoms with Gasteiger partial charge in [-0.25, -0.2) is 0 Å². The Morgan fingerprint density at radius 2 is 2.10 bits per heavy atom. The van der Waals surface area contributed by atoms with Gasteiger partial charge in [0.1, 0.15) is 5.76 Å². The second-order valence-electron chi connectivity index (χ2n) is 6.97. The molecule has 1 aliphatic carbocycles. The van der Waals surface area contributed by atoms with Crippen molar-refractivity contribution in [3.8, 4) is 0 Å². The van der Waals surface area contributed by atoms with Crippen LogP contribution in [-0.2, 0) is 11.3 Å². The van der Waals surface area contributed by atoms with Gasteiger partial charge in [-0.3, -0.25) is 4.79 Å². The van der Waals surface area contributed by atoms with Crippen molar-refractivity contribution in [1.82, 2.24) is 10.2 Å². The maximum absolute atomic E-state index is 12.6. The third-order valence-electron chi connectivity index (χ3n) is 3.99. The summed E-state index contributed by atoms with van der Waals surface area (Å²) < 4.78 is 5.42. The van der Waals surface area contributed by atoms with Crippen molar-refractivity contribution in [3.63, 3.8) is 0 Å². The molecule has 1 aromatic rings. The molecule has 0 aromatic carbocycles. The van der Waals surface area contributed by atoms with Gasteiger partial charge in [0.05, 0.1) is 12.8 Å². The highest BCUT2D eigenvalue weighted by Crippen LogP contribution is 2.25. The summed E-state index contributed by atoms with van der Waals surface area (Å²) in [5.74, 6) is 1.11. The van der Waals surface area contributed by atoms with Gasteiger partial charge in [-0.15, -0.1) is 0 Å². The number of carbonyl (C=O) groups is 1. The lowest BCUT2D eigenvalue weighted by molar-refractivity contribution is -0.134. The smallest absolute Gasteiger partial charge is 0.224 e. The van der Waals surface area contributed by atoms with Crippen LogP contribution in [0, 0.1) is 0 Å². The van der Waals surface area contributed by atoms with Crippen LogP contribution in [0.25, 0.3) is 0 Å². The third kappa shape index (κ3) is 5.20. The normalized spacial score (nSPS) is 16.3. The van der Waals surface area contributed by atoms with Crippen LogP contribution in [0.1, 0.15) is 58.6 Å². The van der Waals surface area contributed by atoms with Gasteiger partial charge in [-0.2, -0.15) is 0 Å². The van der Waals surface area contributed by atoms with Crippen LogP contribution in [0.2, 0.25) is 0 Å². The number of furan rings is 1. The molecule has 118 valence electrons. The van der Waals surface area contributed by atoms with Crippen LogP contribution in [0.15, 0.2) is 22.8 Å². The Morgan fingerprint density at radius 3 is 2.67 bits per heavy atom. The highest BCUT2D eigenvalue weighted by Gasteiger charge is 2.27. The number of rotatable bonds is 6. The van der Waals surface area contributed by atoms with E-state index >= 15 is 0 Å². The zero-order valence-electron chi connectivity index (χ0n) is 13.5. The fourth-order valence-corrected chi connectivity index (χ4v) is 2.90. The van der Waals surface area contributed by atoms with Crippen molar-refractivity contribution in [3.05, 3.63) is 24.2 Å². The molecule has 4 nitrogen and oxygen atoms in total. The van der Waals surface area contributed by atoms with Crippen molar-refractivity contribution in [2.45, 2.75) is 71.0 Å². The SMILES string of the molecule is CC(C)(C)NCCC(=O)N(Cc1ccco1)C1CCCC1. The number of nitrogens with zero attached hydrogens (tertiary/aromatic N) is 1. The molecule has 1 saturated carbocycles. The van der Waals surface area contributed by atoms with Crippen molar-refractivity contribution >= 4 is 5.91 Å². The van der Waals surface area contributed by atoms with E-state index in [0.29, 0.717) is 19.0 Å². The van der Waals surface area contributed by atoms with Gasteiger partial charge >= 0.3 is 0 Å². The van der Waals surface area contributed by atoms with Gasteiger partial charge in [0.2, 0.25) is 5.91 Å². The number of nitrogens with one attached hydrogen (secondary N) is 1. The number of carbonyl (C=O) groups excluding carboxylic acids is 1. The summed E-state index contributed by atoms with van der Waals surface area (Å²) >= 11 is 0. The van der Waals surface area contributed by atoms with Crippen LogP contribution < -0.4 is 5.32 Å². The Balaban J connectivity index is 1.92. The van der Waals surface area contributed by atoms with E-state index < -0.39 is 0 Å². The zero-order chi connectivity index (χ0) is 15.3. The topological polar surface area (TPSA) is 45.5 Å². The predicted octanol–water partition coefficient (Wildman–Crippen LogP) is 3.33. The highest BCUT2D eigenvalue weighted by atomic mass is 16.3. The maximum Gasteiger partial charge on any atom is 0.224 e. The Bertz CT molecular complexity index is 428. The fraction of sp³-hybridized carbons (Fsp3) is 0.706. The summed E-state index contributed by atoms with van der Waals surface area (Å²) in [5, 5.41) is 3.39. The van der Waals surface area contributed by atoms with Gasteiger partial charge in [0.15, 0.2) is 0 Å². The first-order chi connectivity index (χ1) is 9.96. The molecule has 1 amide bonds. The molecule has 1 heterocycles. The third-order valence-corrected chi connectivity index (χ3v) is 3.99. The van der Waals surface area contributed by atoms with E-state index in [1.54, 1.807) is 6.26 Å². The predicted molar refractivity (Wildman–Crippen MR) is 83.9 cm³/mol. The molecule has 0 radical (unpaired) electrons. The summed E-state index contributed by atoms with van der Waals surface area (Å²) in [6.45, 7) is 7.69. The van der Waals surface area contributed by atoms with Gasteiger partial charge in [-0.05, 0) is 45.7 Å². The first-order valence-electron chi connectivity index (χ1n) is 8.02. The summed E-state index contributed by atoms with van der Waals surface area (Å²) in [5.41, 5.74) is 0.0550. The van der Waals surface area contributed by atoms with Gasteiger partial charge in [-0.1, -0.05) is 12.8 Å². The molecule has 1 aliphatic rings. The van der Waals surface area contributed by atoms with E-state index in [4.69, 9.17) is 4.42 Å². The second-order valence-corrected chi connectivity index (χ2v) is 6.97. The van der Waals surface area contributed by atoms with Gasteiger partial charge in [0, 0.05) is 24.5 Å². The Hall–Kier alpha value is -1.29. The van der Waals surface area contributed by atoms with Crippen LogP contribution in [0.4, 0.5) is 0 Å². The van der Waals surface area contributed by atoms with Crippen molar-refractivity contribution in [2.24, 2.45) is 0 Å². The molecule has 0 atom stereocenters. The molecule has 1 N–H and O–H groups in total. The van der Waals surface area contributed by atoms with Gasteiger partial charge in [0.25, 0.3) is 0 Å². The average Bonchev–Trinajstić information content (AvgIpc) is 3.07. The van der Waals surface area contributed by atoms with E-state index in [0.717, 1.165) is 25.1 Å². The maximum atomic E-state index is 12.6. The number of hydrogen-bond donors (Lipinski definition) is 1. The molecule has 4 heteroatoms. The molecule has 0 bridgehead atoms. The average molecular weight is 292 g/mol. The molecule has 21 heavy (non-hydrogen) atoms. The standard InChI is InChI=1S/C17H28N2O2/c1-17(2,3)18-11-10-16(20)19(14-7-4-5-8-14)13-15-9-6-12-21-15/h6,9,12,14,18H,4-5,7-8,10-11,13H2,1-3H3. The largest absolute Gasteiger partial charge is 0.467 e. The van der Waals surface area contributed by atoms with E-state index in [1.807, 2.05) is 17.0 Å². The Kier molecular flexibility index (Phi) is 5.45. The monoisotopic (exact) mass is 292 g/mol. The molecule has 1 fully saturated rings. The molecule has 1 aromatic heterocycles. The van der Waals surface area contributed by atoms with E-state index in [2.05, 4.69) is 26.1 Å². The number of amides is 1. The van der Waals surface area contributed by atoms with E-state index in [9.17, 15) is 4.79 Å². The van der Waals surface area contributed by atoms with E-state index in [-0.39, 0.29) is 11.4 Å². The molecule has 0 spiro atoms. The summed E-state index contributed by atoms with van der Waals surface area (Å²) in [4.78, 5) is 14.6. The molecule has 0 aliphatic heterocycles. The second kappa shape index (κ2) is 7.12. The van der Waals surface area contributed by atoms with Crippen molar-refractivity contribution in [1.29, 1.82) is 0 Å². The number of hydrogen-bond acceptors (Lipinski definition) is 3. The Labute approximate surface area is 127 Å². The Morgan fingerprint density at radius 1 is 1.38 bits per heavy atom. The first kappa shape index (κ1) is 16.1. The van der Waals surface area contributed by atoms with Crippen molar-refractivity contribution < 1.29 is 9.21 Å². The van der Waals surface area contributed by atoms with Crippen LogP contribution in [0.5, 0.6) is 0 Å². The summed E-state index contributed by atoms with van der Waals surface area (Å²) in [6.07, 6.45) is 6.93. The van der Waals surface area contributed by atoms with Crippen molar-refractivity contribution in [2.75, 3.05) is 6.54 Å². The van der Waals surface area contributed by atoms with E-state index in [1.165, 1.54) is 12.8 Å². The minimum Gasteiger partial charge on any atom is -0.467 e. The zero-order valence-corrected chi connectivity index (χ0v) is 13.5. The minimum absolute atomic E-state index is 0.0550. The highest BCUT2D eigenvalue weighted by molar-refractivity contribution is 5.76. The van der Waals surface area contributed by atoms with Crippen LogP contribution in [0.3, 0.4) is 0 Å². The molecular weight excluding hydrogens is 264 g/mol. The molecular formula is C17H28N2O2. The first-order valence-corrected chi connectivity index (χ1v) is 8.02. The lowest BCUT2D eigenvalue weighted by Crippen LogP contribution is -2.42. The molecule has 0 saturated heterocycles. The lowest BCUT2D eigenvalue weighted by Gasteiger charge is -2.29.